The molecule has 1 nitrogen and oxygen atoms in total. The van der Waals surface area contributed by atoms with E-state index >= 15 is 0 Å². The van der Waals surface area contributed by atoms with E-state index in [0.29, 0.717) is 5.92 Å². The number of hydrogen-bond acceptors (Lipinski definition) is 1. The first-order valence-electron chi connectivity index (χ1n) is 19.3. The molecule has 1 aliphatic carbocycles. The van der Waals surface area contributed by atoms with Crippen molar-refractivity contribution < 1.29 is 0 Å². The first-order chi connectivity index (χ1) is 27.3. The monoisotopic (exact) mass is 697 g/mol. The van der Waals surface area contributed by atoms with Gasteiger partial charge in [0.2, 0.25) is 0 Å². The second-order valence-electron chi connectivity index (χ2n) is 15.2. The summed E-state index contributed by atoms with van der Waals surface area (Å²) in [5.74, 6) is 0.314. The van der Waals surface area contributed by atoms with Gasteiger partial charge in [-0.3, -0.25) is 0 Å². The molecule has 2 atom stereocenters. The third-order valence-corrected chi connectivity index (χ3v) is 12.3. The van der Waals surface area contributed by atoms with Gasteiger partial charge < -0.3 is 4.90 Å². The third kappa shape index (κ3) is 4.54. The van der Waals surface area contributed by atoms with Gasteiger partial charge >= 0.3 is 0 Å². The molecule has 256 valence electrons. The van der Waals surface area contributed by atoms with Crippen molar-refractivity contribution in [1.82, 2.24) is 0 Å². The highest BCUT2D eigenvalue weighted by atomic mass is 15.2. The van der Waals surface area contributed by atoms with Crippen molar-refractivity contribution in [2.45, 2.75) is 12.0 Å². The van der Waals surface area contributed by atoms with Crippen LogP contribution in [0.25, 0.3) is 86.9 Å². The van der Waals surface area contributed by atoms with E-state index in [9.17, 15) is 0 Å². The molecule has 1 heterocycles. The fourth-order valence-corrected chi connectivity index (χ4v) is 9.85. The molecule has 1 aliphatic heterocycles. The molecule has 55 heavy (non-hydrogen) atoms. The number of benzene rings is 10. The van der Waals surface area contributed by atoms with Gasteiger partial charge in [0.25, 0.3) is 0 Å². The number of fused-ring (bicyclic) bond motifs is 15. The molecular weight excluding hydrogens is 663 g/mol. The highest BCUT2D eigenvalue weighted by Gasteiger charge is 2.37. The Morgan fingerprint density at radius 3 is 1.20 bits per heavy atom. The summed E-state index contributed by atoms with van der Waals surface area (Å²) in [4.78, 5) is 2.57. The van der Waals surface area contributed by atoms with E-state index in [1.807, 2.05) is 0 Å². The first-order valence-corrected chi connectivity index (χ1v) is 19.3. The largest absolute Gasteiger partial charge is 0.333 e. The van der Waals surface area contributed by atoms with E-state index in [1.54, 1.807) is 0 Å². The summed E-state index contributed by atoms with van der Waals surface area (Å²) >= 11 is 0. The quantitative estimate of drug-likeness (QED) is 0.166. The zero-order valence-electron chi connectivity index (χ0n) is 30.2. The molecule has 2 aliphatic rings. The molecule has 0 saturated carbocycles. The summed E-state index contributed by atoms with van der Waals surface area (Å²) in [6, 6.07) is 66.0. The van der Waals surface area contributed by atoms with E-state index in [0.717, 1.165) is 0 Å². The molecule has 0 saturated heterocycles. The van der Waals surface area contributed by atoms with Gasteiger partial charge in [-0.15, -0.1) is 0 Å². The zero-order chi connectivity index (χ0) is 36.0. The van der Waals surface area contributed by atoms with Crippen molar-refractivity contribution in [2.75, 3.05) is 4.90 Å². The van der Waals surface area contributed by atoms with Crippen LogP contribution in [-0.2, 0) is 0 Å². The summed E-state index contributed by atoms with van der Waals surface area (Å²) in [5, 5.41) is 15.5. The maximum absolute atomic E-state index is 2.57. The lowest BCUT2D eigenvalue weighted by Crippen LogP contribution is -2.28. The SMILES string of the molecule is C1=CC2c3ccccc3N(c3cc(-c4ccc5c6ccccc6c6ccccc6c5c4)cc(-c4ccc5c6ccccc6c6ccccc6c5c4)c3)C2C=C1. The van der Waals surface area contributed by atoms with Crippen LogP contribution in [0.1, 0.15) is 11.5 Å². The van der Waals surface area contributed by atoms with Crippen molar-refractivity contribution in [3.8, 4) is 22.3 Å². The van der Waals surface area contributed by atoms with Gasteiger partial charge in [0.05, 0.1) is 6.04 Å². The smallest absolute Gasteiger partial charge is 0.0629 e. The molecule has 0 fully saturated rings. The van der Waals surface area contributed by atoms with E-state index in [2.05, 4.69) is 205 Å². The Hall–Kier alpha value is -6.96. The van der Waals surface area contributed by atoms with Crippen LogP contribution in [0.3, 0.4) is 0 Å². The van der Waals surface area contributed by atoms with Gasteiger partial charge in [-0.05, 0) is 129 Å². The van der Waals surface area contributed by atoms with Gasteiger partial charge in [0.1, 0.15) is 0 Å². The van der Waals surface area contributed by atoms with E-state index in [1.165, 1.54) is 104 Å². The molecule has 0 N–H and O–H groups in total. The highest BCUT2D eigenvalue weighted by molar-refractivity contribution is 6.27. The molecular formula is C54H35N. The van der Waals surface area contributed by atoms with Gasteiger partial charge in [0, 0.05) is 17.3 Å². The molecule has 0 aromatic heterocycles. The number of anilines is 2. The lowest BCUT2D eigenvalue weighted by atomic mass is 9.89. The number of hydrogen-bond donors (Lipinski definition) is 0. The summed E-state index contributed by atoms with van der Waals surface area (Å²) < 4.78 is 0. The molecule has 0 bridgehead atoms. The molecule has 10 aromatic rings. The Balaban J connectivity index is 1.12. The van der Waals surface area contributed by atoms with Crippen LogP contribution in [0.15, 0.2) is 200 Å². The molecule has 2 unspecified atom stereocenters. The average Bonchev–Trinajstić information content (AvgIpc) is 3.60. The second kappa shape index (κ2) is 11.8. The Bertz CT molecular complexity index is 3040. The van der Waals surface area contributed by atoms with Gasteiger partial charge in [0.15, 0.2) is 0 Å². The third-order valence-electron chi connectivity index (χ3n) is 12.3. The maximum Gasteiger partial charge on any atom is 0.0629 e. The summed E-state index contributed by atoms with van der Waals surface area (Å²) in [6.45, 7) is 0. The Labute approximate surface area is 319 Å². The van der Waals surface area contributed by atoms with Gasteiger partial charge in [-0.2, -0.15) is 0 Å². The van der Waals surface area contributed by atoms with Gasteiger partial charge in [-0.1, -0.05) is 164 Å². The predicted molar refractivity (Wildman–Crippen MR) is 236 cm³/mol. The minimum absolute atomic E-state index is 0.212. The fourth-order valence-electron chi connectivity index (χ4n) is 9.85. The summed E-state index contributed by atoms with van der Waals surface area (Å²) in [5.41, 5.74) is 8.74. The average molecular weight is 698 g/mol. The Morgan fingerprint density at radius 1 is 0.309 bits per heavy atom. The summed E-state index contributed by atoms with van der Waals surface area (Å²) in [6.07, 6.45) is 9.15. The Kier molecular flexibility index (Phi) is 6.53. The highest BCUT2D eigenvalue weighted by Crippen LogP contribution is 2.49. The van der Waals surface area contributed by atoms with Crippen LogP contribution >= 0.6 is 0 Å². The lowest BCUT2D eigenvalue weighted by molar-refractivity contribution is 0.745. The normalized spacial score (nSPS) is 16.2. The lowest BCUT2D eigenvalue weighted by Gasteiger charge is -2.29. The second-order valence-corrected chi connectivity index (χ2v) is 15.2. The topological polar surface area (TPSA) is 3.24 Å². The molecule has 1 heteroatoms. The number of allylic oxidation sites excluding steroid dienone is 2. The van der Waals surface area contributed by atoms with Crippen molar-refractivity contribution in [3.05, 3.63) is 206 Å². The molecule has 0 amide bonds. The zero-order valence-corrected chi connectivity index (χ0v) is 30.2. The van der Waals surface area contributed by atoms with Crippen LogP contribution < -0.4 is 4.90 Å². The maximum atomic E-state index is 2.57. The molecule has 10 aromatic carbocycles. The Morgan fingerprint density at radius 2 is 0.709 bits per heavy atom. The van der Waals surface area contributed by atoms with Crippen LogP contribution in [0.2, 0.25) is 0 Å². The van der Waals surface area contributed by atoms with Crippen LogP contribution in [-0.4, -0.2) is 6.04 Å². The number of para-hydroxylation sites is 1. The standard InChI is InChI=1S/C54H35N/c1-3-17-43-39(13-1)41-15-5-7-19-45(41)51-32-34(25-27-47(43)51)36-29-37(31-38(30-36)55-53-23-11-9-21-49(53)50-22-10-12-24-54(50)55)35-26-28-48-44-18-4-2-14-40(44)42-16-6-8-20-46(42)52(48)33-35/h1-33,49,53H. The van der Waals surface area contributed by atoms with Crippen LogP contribution in [0.5, 0.6) is 0 Å². The van der Waals surface area contributed by atoms with Crippen molar-refractivity contribution in [1.29, 1.82) is 0 Å². The van der Waals surface area contributed by atoms with Crippen LogP contribution in [0, 0.1) is 0 Å². The van der Waals surface area contributed by atoms with Crippen molar-refractivity contribution in [2.24, 2.45) is 0 Å². The molecule has 0 spiro atoms. The van der Waals surface area contributed by atoms with Crippen molar-refractivity contribution in [3.63, 3.8) is 0 Å². The van der Waals surface area contributed by atoms with Crippen molar-refractivity contribution >= 4 is 76.0 Å². The van der Waals surface area contributed by atoms with Gasteiger partial charge in [-0.25, -0.2) is 0 Å². The van der Waals surface area contributed by atoms with E-state index in [-0.39, 0.29) is 6.04 Å². The first kappa shape index (κ1) is 30.5. The molecule has 12 rings (SSSR count). The van der Waals surface area contributed by atoms with Crippen LogP contribution in [0.4, 0.5) is 11.4 Å². The molecule has 0 radical (unpaired) electrons. The number of nitrogens with zero attached hydrogens (tertiary/aromatic N) is 1. The number of rotatable bonds is 3. The summed E-state index contributed by atoms with van der Waals surface area (Å²) in [7, 11) is 0. The fraction of sp³-hybridized carbons (Fsp3) is 0.0370. The minimum atomic E-state index is 0.212. The minimum Gasteiger partial charge on any atom is -0.333 e. The van der Waals surface area contributed by atoms with E-state index < -0.39 is 0 Å². The predicted octanol–water partition coefficient (Wildman–Crippen LogP) is 14.7. The van der Waals surface area contributed by atoms with E-state index in [4.69, 9.17) is 0 Å².